The standard InChI is InChI=1S/C28H40N2O2S/c1-4-6-8-10-11-13-15-25-20-30-21-26(33-28(30)29-25)23-16-18-24(19-17-23)27(31)32-22(3)14-12-9-7-5-2/h16-22H,4-15H2,1-3H3/t22-/m0/s1. The first kappa shape index (κ1) is 25.5. The van der Waals surface area contributed by atoms with Crippen LogP contribution in [0, 0.1) is 0 Å². The highest BCUT2D eigenvalue weighted by Gasteiger charge is 2.13. The van der Waals surface area contributed by atoms with Crippen LogP contribution < -0.4 is 0 Å². The molecule has 0 saturated heterocycles. The molecule has 180 valence electrons. The van der Waals surface area contributed by atoms with Crippen LogP contribution in [-0.4, -0.2) is 21.5 Å². The fourth-order valence-electron chi connectivity index (χ4n) is 4.12. The zero-order valence-corrected chi connectivity index (χ0v) is 21.5. The Balaban J connectivity index is 1.50. The van der Waals surface area contributed by atoms with Crippen molar-refractivity contribution in [2.24, 2.45) is 0 Å². The van der Waals surface area contributed by atoms with E-state index < -0.39 is 0 Å². The number of unbranched alkanes of at least 4 members (excludes halogenated alkanes) is 8. The zero-order valence-electron chi connectivity index (χ0n) is 20.6. The number of hydrogen-bond acceptors (Lipinski definition) is 4. The number of rotatable bonds is 15. The number of esters is 1. The molecule has 0 spiro atoms. The van der Waals surface area contributed by atoms with Gasteiger partial charge in [-0.1, -0.05) is 88.7 Å². The van der Waals surface area contributed by atoms with Crippen molar-refractivity contribution in [1.82, 2.24) is 9.38 Å². The van der Waals surface area contributed by atoms with Crippen LogP contribution in [0.15, 0.2) is 36.7 Å². The molecule has 0 aliphatic carbocycles. The van der Waals surface area contributed by atoms with Crippen LogP contribution >= 0.6 is 11.3 Å². The summed E-state index contributed by atoms with van der Waals surface area (Å²) in [6.45, 7) is 6.45. The average Bonchev–Trinajstić information content (AvgIpc) is 3.38. The normalized spacial score (nSPS) is 12.3. The molecule has 33 heavy (non-hydrogen) atoms. The van der Waals surface area contributed by atoms with E-state index in [9.17, 15) is 4.79 Å². The molecule has 0 aliphatic heterocycles. The number of aryl methyl sites for hydroxylation is 1. The molecule has 2 aromatic heterocycles. The van der Waals surface area contributed by atoms with Gasteiger partial charge in [0.1, 0.15) is 0 Å². The smallest absolute Gasteiger partial charge is 0.338 e. The highest BCUT2D eigenvalue weighted by atomic mass is 32.1. The summed E-state index contributed by atoms with van der Waals surface area (Å²) >= 11 is 1.70. The summed E-state index contributed by atoms with van der Waals surface area (Å²) < 4.78 is 7.75. The average molecular weight is 469 g/mol. The Kier molecular flexibility index (Phi) is 10.5. The number of ether oxygens (including phenoxy) is 1. The summed E-state index contributed by atoms with van der Waals surface area (Å²) in [7, 11) is 0. The van der Waals surface area contributed by atoms with Gasteiger partial charge in [-0.25, -0.2) is 9.78 Å². The lowest BCUT2D eigenvalue weighted by Gasteiger charge is -2.13. The van der Waals surface area contributed by atoms with E-state index >= 15 is 0 Å². The molecule has 5 heteroatoms. The highest BCUT2D eigenvalue weighted by molar-refractivity contribution is 7.20. The first-order valence-corrected chi connectivity index (χ1v) is 13.7. The first-order chi connectivity index (χ1) is 16.1. The Labute approximate surface area is 203 Å². The number of fused-ring (bicyclic) bond motifs is 1. The van der Waals surface area contributed by atoms with Gasteiger partial charge in [-0.3, -0.25) is 4.40 Å². The van der Waals surface area contributed by atoms with Crippen LogP contribution in [0.5, 0.6) is 0 Å². The minimum atomic E-state index is -0.232. The van der Waals surface area contributed by atoms with Crippen molar-refractivity contribution in [2.45, 2.75) is 104 Å². The molecule has 0 fully saturated rings. The molecule has 2 heterocycles. The highest BCUT2D eigenvalue weighted by Crippen LogP contribution is 2.29. The van der Waals surface area contributed by atoms with Crippen LogP contribution in [0.1, 0.15) is 107 Å². The topological polar surface area (TPSA) is 43.6 Å². The Hall–Kier alpha value is -2.14. The maximum absolute atomic E-state index is 12.5. The van der Waals surface area contributed by atoms with Gasteiger partial charge in [0.15, 0.2) is 4.96 Å². The van der Waals surface area contributed by atoms with Gasteiger partial charge in [0.25, 0.3) is 0 Å². The number of carbonyl (C=O) groups excluding carboxylic acids is 1. The number of hydrogen-bond donors (Lipinski definition) is 0. The van der Waals surface area contributed by atoms with Crippen LogP contribution in [0.25, 0.3) is 15.4 Å². The Bertz CT molecular complexity index is 942. The third kappa shape index (κ3) is 7.99. The molecule has 0 radical (unpaired) electrons. The van der Waals surface area contributed by atoms with E-state index in [4.69, 9.17) is 9.72 Å². The van der Waals surface area contributed by atoms with Crippen molar-refractivity contribution in [1.29, 1.82) is 0 Å². The summed E-state index contributed by atoms with van der Waals surface area (Å²) in [4.78, 5) is 19.5. The summed E-state index contributed by atoms with van der Waals surface area (Å²) in [5, 5.41) is 0. The zero-order chi connectivity index (χ0) is 23.5. The van der Waals surface area contributed by atoms with Gasteiger partial charge >= 0.3 is 5.97 Å². The van der Waals surface area contributed by atoms with Crippen molar-refractivity contribution in [3.8, 4) is 10.4 Å². The Morgan fingerprint density at radius 3 is 2.30 bits per heavy atom. The molecule has 1 aromatic carbocycles. The van der Waals surface area contributed by atoms with Crippen LogP contribution in [0.2, 0.25) is 0 Å². The van der Waals surface area contributed by atoms with Gasteiger partial charge in [0, 0.05) is 12.4 Å². The van der Waals surface area contributed by atoms with E-state index in [0.717, 1.165) is 34.7 Å². The predicted molar refractivity (Wildman–Crippen MR) is 139 cm³/mol. The summed E-state index contributed by atoms with van der Waals surface area (Å²) in [6.07, 6.45) is 18.9. The van der Waals surface area contributed by atoms with Gasteiger partial charge < -0.3 is 4.74 Å². The minimum Gasteiger partial charge on any atom is -0.459 e. The number of thiazole rings is 1. The maximum Gasteiger partial charge on any atom is 0.338 e. The summed E-state index contributed by atoms with van der Waals surface area (Å²) in [6, 6.07) is 7.75. The lowest BCUT2D eigenvalue weighted by molar-refractivity contribution is 0.0319. The van der Waals surface area contributed by atoms with E-state index in [1.165, 1.54) is 63.5 Å². The largest absolute Gasteiger partial charge is 0.459 e. The second-order valence-corrected chi connectivity index (χ2v) is 10.2. The molecule has 3 aromatic rings. The lowest BCUT2D eigenvalue weighted by Crippen LogP contribution is -2.15. The monoisotopic (exact) mass is 468 g/mol. The molecule has 3 rings (SSSR count). The van der Waals surface area contributed by atoms with Crippen LogP contribution in [0.4, 0.5) is 0 Å². The molecule has 0 aliphatic rings. The van der Waals surface area contributed by atoms with Gasteiger partial charge in [-0.05, 0) is 50.3 Å². The van der Waals surface area contributed by atoms with Crippen molar-refractivity contribution in [3.63, 3.8) is 0 Å². The van der Waals surface area contributed by atoms with Crippen LogP contribution in [-0.2, 0) is 11.2 Å². The molecule has 0 amide bonds. The van der Waals surface area contributed by atoms with E-state index in [0.29, 0.717) is 5.56 Å². The van der Waals surface area contributed by atoms with Gasteiger partial charge in [0.2, 0.25) is 0 Å². The molecule has 0 saturated carbocycles. The Morgan fingerprint density at radius 1 is 0.939 bits per heavy atom. The second kappa shape index (κ2) is 13.5. The fraction of sp³-hybridized carbons (Fsp3) is 0.571. The van der Waals surface area contributed by atoms with Crippen molar-refractivity contribution in [2.75, 3.05) is 0 Å². The van der Waals surface area contributed by atoms with E-state index in [1.807, 2.05) is 31.2 Å². The molecule has 0 unspecified atom stereocenters. The molecule has 0 N–H and O–H groups in total. The molecule has 0 bridgehead atoms. The lowest BCUT2D eigenvalue weighted by atomic mass is 10.1. The second-order valence-electron chi connectivity index (χ2n) is 9.18. The third-order valence-electron chi connectivity index (χ3n) is 6.17. The van der Waals surface area contributed by atoms with E-state index in [1.54, 1.807) is 11.3 Å². The molecular weight excluding hydrogens is 428 g/mol. The maximum atomic E-state index is 12.5. The Morgan fingerprint density at radius 2 is 1.61 bits per heavy atom. The van der Waals surface area contributed by atoms with Crippen molar-refractivity contribution < 1.29 is 9.53 Å². The van der Waals surface area contributed by atoms with Crippen molar-refractivity contribution in [3.05, 3.63) is 47.9 Å². The number of nitrogens with zero attached hydrogens (tertiary/aromatic N) is 2. The molecular formula is C28H40N2O2S. The number of carbonyl (C=O) groups is 1. The first-order valence-electron chi connectivity index (χ1n) is 12.9. The quantitative estimate of drug-likeness (QED) is 0.166. The van der Waals surface area contributed by atoms with E-state index in [2.05, 4.69) is 30.6 Å². The van der Waals surface area contributed by atoms with Crippen molar-refractivity contribution >= 4 is 22.3 Å². The SMILES string of the molecule is CCCCCCCCc1cn2cc(-c3ccc(C(=O)O[C@@H](C)CCCCCC)cc3)sc2n1. The third-order valence-corrected chi connectivity index (χ3v) is 7.22. The van der Waals surface area contributed by atoms with Crippen LogP contribution in [0.3, 0.4) is 0 Å². The number of aromatic nitrogens is 2. The van der Waals surface area contributed by atoms with Gasteiger partial charge in [-0.2, -0.15) is 0 Å². The van der Waals surface area contributed by atoms with Gasteiger partial charge in [0.05, 0.1) is 22.2 Å². The molecule has 4 nitrogen and oxygen atoms in total. The number of imidazole rings is 1. The van der Waals surface area contributed by atoms with E-state index in [-0.39, 0.29) is 12.1 Å². The summed E-state index contributed by atoms with van der Waals surface area (Å²) in [5.41, 5.74) is 2.90. The fourth-order valence-corrected chi connectivity index (χ4v) is 5.11. The van der Waals surface area contributed by atoms with Gasteiger partial charge in [-0.15, -0.1) is 0 Å². The minimum absolute atomic E-state index is 0.0374. The predicted octanol–water partition coefficient (Wildman–Crippen LogP) is 8.48. The number of benzene rings is 1. The molecule has 1 atom stereocenters. The summed E-state index contributed by atoms with van der Waals surface area (Å²) in [5.74, 6) is -0.232.